The van der Waals surface area contributed by atoms with Gasteiger partial charge in [-0.1, -0.05) is 24.3 Å². The number of carbonyl (C=O) groups is 2. The molecule has 1 aliphatic heterocycles. The number of benzene rings is 2. The first-order chi connectivity index (χ1) is 12.5. The van der Waals surface area contributed by atoms with Crippen molar-refractivity contribution in [1.29, 1.82) is 0 Å². The van der Waals surface area contributed by atoms with Gasteiger partial charge in [-0.3, -0.25) is 14.5 Å². The number of ether oxygens (including phenoxy) is 1. The number of carbonyl (C=O) groups excluding carboxylic acids is 2. The molecule has 2 amide bonds. The van der Waals surface area contributed by atoms with Gasteiger partial charge < -0.3 is 9.64 Å². The minimum absolute atomic E-state index is 0.0436. The van der Waals surface area contributed by atoms with Crippen molar-refractivity contribution in [2.75, 3.05) is 23.4 Å². The minimum Gasteiger partial charge on any atom is -0.435 e. The second-order valence-corrected chi connectivity index (χ2v) is 5.65. The summed E-state index contributed by atoms with van der Waals surface area (Å²) in [6.07, 6.45) is 2.90. The fraction of sp³-hybridized carbons (Fsp3) is 0.158. The molecule has 0 unspecified atom stereocenters. The lowest BCUT2D eigenvalue weighted by Gasteiger charge is -2.33. The van der Waals surface area contributed by atoms with E-state index in [1.807, 2.05) is 0 Å². The molecule has 0 aliphatic carbocycles. The number of likely N-dealkylation sites (N-methyl/N-ethyl adjacent to an activating group) is 1. The zero-order valence-electron chi connectivity index (χ0n) is 13.9. The highest BCUT2D eigenvalue weighted by atomic mass is 19.3. The van der Waals surface area contributed by atoms with E-state index >= 15 is 0 Å². The number of hydrogen-bond donors (Lipinski definition) is 0. The van der Waals surface area contributed by atoms with Gasteiger partial charge in [0.25, 0.3) is 5.91 Å². The van der Waals surface area contributed by atoms with Gasteiger partial charge in [0.2, 0.25) is 5.91 Å². The predicted molar refractivity (Wildman–Crippen MR) is 94.3 cm³/mol. The van der Waals surface area contributed by atoms with Crippen LogP contribution in [0.5, 0.6) is 5.75 Å². The Labute approximate surface area is 149 Å². The molecule has 0 bridgehead atoms. The molecular weight excluding hydrogens is 342 g/mol. The Hall–Kier alpha value is -3.22. The monoisotopic (exact) mass is 358 g/mol. The average molecular weight is 358 g/mol. The van der Waals surface area contributed by atoms with E-state index in [9.17, 15) is 18.4 Å². The molecule has 0 atom stereocenters. The zero-order chi connectivity index (χ0) is 18.7. The number of nitrogens with zero attached hydrogens (tertiary/aromatic N) is 2. The molecule has 1 heterocycles. The molecule has 0 aromatic heterocycles. The van der Waals surface area contributed by atoms with Gasteiger partial charge in [0, 0.05) is 13.1 Å². The Bertz CT molecular complexity index is 850. The van der Waals surface area contributed by atoms with Crippen LogP contribution in [0.1, 0.15) is 5.56 Å². The van der Waals surface area contributed by atoms with Crippen LogP contribution in [-0.4, -0.2) is 32.0 Å². The second-order valence-electron chi connectivity index (χ2n) is 5.65. The van der Waals surface area contributed by atoms with Crippen molar-refractivity contribution in [3.8, 4) is 5.75 Å². The van der Waals surface area contributed by atoms with Crippen molar-refractivity contribution in [2.45, 2.75) is 6.61 Å². The van der Waals surface area contributed by atoms with Crippen LogP contribution in [0.4, 0.5) is 20.2 Å². The number of hydrogen-bond acceptors (Lipinski definition) is 3. The SMILES string of the molecule is CN1C(=O)CN(C(=O)/C=C/c2ccc(OC(F)F)cc2)c2ccccc21. The quantitative estimate of drug-likeness (QED) is 0.788. The van der Waals surface area contributed by atoms with Gasteiger partial charge in [0.15, 0.2) is 0 Å². The summed E-state index contributed by atoms with van der Waals surface area (Å²) in [7, 11) is 1.67. The standard InChI is InChI=1S/C19H16F2N2O3/c1-22-15-4-2-3-5-16(15)23(12-18(22)25)17(24)11-8-13-6-9-14(10-7-13)26-19(20)21/h2-11,19H,12H2,1H3/b11-8+. The number of alkyl halides is 2. The van der Waals surface area contributed by atoms with E-state index in [2.05, 4.69) is 4.74 Å². The van der Waals surface area contributed by atoms with Gasteiger partial charge >= 0.3 is 6.61 Å². The third-order valence-corrected chi connectivity index (χ3v) is 3.99. The van der Waals surface area contributed by atoms with Crippen molar-refractivity contribution < 1.29 is 23.1 Å². The van der Waals surface area contributed by atoms with E-state index in [0.29, 0.717) is 16.9 Å². The summed E-state index contributed by atoms with van der Waals surface area (Å²) >= 11 is 0. The average Bonchev–Trinajstić information content (AvgIpc) is 2.63. The van der Waals surface area contributed by atoms with E-state index in [1.54, 1.807) is 49.5 Å². The fourth-order valence-corrected chi connectivity index (χ4v) is 2.65. The van der Waals surface area contributed by atoms with Crippen LogP contribution in [-0.2, 0) is 9.59 Å². The molecule has 0 spiro atoms. The summed E-state index contributed by atoms with van der Waals surface area (Å²) in [5, 5.41) is 0. The molecule has 0 fully saturated rings. The maximum absolute atomic E-state index is 12.5. The molecule has 1 aliphatic rings. The number of para-hydroxylation sites is 2. The molecule has 5 nitrogen and oxygen atoms in total. The summed E-state index contributed by atoms with van der Waals surface area (Å²) in [6, 6.07) is 13.1. The Morgan fingerprint density at radius 3 is 2.42 bits per heavy atom. The van der Waals surface area contributed by atoms with Crippen molar-refractivity contribution >= 4 is 29.3 Å². The summed E-state index contributed by atoms with van der Waals surface area (Å²) in [6.45, 7) is -2.93. The third-order valence-electron chi connectivity index (χ3n) is 3.99. The summed E-state index contributed by atoms with van der Waals surface area (Å²) in [5.41, 5.74) is 1.97. The maximum atomic E-state index is 12.5. The van der Waals surface area contributed by atoms with E-state index in [1.165, 1.54) is 28.0 Å². The molecule has 0 radical (unpaired) electrons. The van der Waals surface area contributed by atoms with Crippen LogP contribution in [0.3, 0.4) is 0 Å². The van der Waals surface area contributed by atoms with Crippen molar-refractivity contribution in [2.24, 2.45) is 0 Å². The number of rotatable bonds is 4. The molecule has 3 rings (SSSR count). The Balaban J connectivity index is 1.76. The highest BCUT2D eigenvalue weighted by Gasteiger charge is 2.29. The summed E-state index contributed by atoms with van der Waals surface area (Å²) in [4.78, 5) is 27.6. The zero-order valence-corrected chi connectivity index (χ0v) is 13.9. The van der Waals surface area contributed by atoms with E-state index in [-0.39, 0.29) is 24.1 Å². The Morgan fingerprint density at radius 1 is 1.12 bits per heavy atom. The van der Waals surface area contributed by atoms with E-state index in [4.69, 9.17) is 0 Å². The van der Waals surface area contributed by atoms with Gasteiger partial charge in [-0.05, 0) is 35.9 Å². The lowest BCUT2D eigenvalue weighted by atomic mass is 10.1. The highest BCUT2D eigenvalue weighted by molar-refractivity contribution is 6.14. The minimum atomic E-state index is -2.88. The lowest BCUT2D eigenvalue weighted by Crippen LogP contribution is -2.46. The first-order valence-electron chi connectivity index (χ1n) is 7.86. The van der Waals surface area contributed by atoms with Crippen molar-refractivity contribution in [3.05, 3.63) is 60.2 Å². The fourth-order valence-electron chi connectivity index (χ4n) is 2.65. The largest absolute Gasteiger partial charge is 0.435 e. The first kappa shape index (κ1) is 17.6. The lowest BCUT2D eigenvalue weighted by molar-refractivity contribution is -0.120. The molecule has 2 aromatic rings. The van der Waals surface area contributed by atoms with Crippen LogP contribution < -0.4 is 14.5 Å². The maximum Gasteiger partial charge on any atom is 0.387 e. The van der Waals surface area contributed by atoms with Crippen LogP contribution in [0.2, 0.25) is 0 Å². The molecule has 0 saturated heterocycles. The number of anilines is 2. The van der Waals surface area contributed by atoms with Gasteiger partial charge in [0.1, 0.15) is 12.3 Å². The number of fused-ring (bicyclic) bond motifs is 1. The van der Waals surface area contributed by atoms with Crippen LogP contribution in [0.25, 0.3) is 6.08 Å². The molecule has 7 heteroatoms. The molecule has 2 aromatic carbocycles. The molecule has 26 heavy (non-hydrogen) atoms. The smallest absolute Gasteiger partial charge is 0.387 e. The molecular formula is C19H16F2N2O3. The van der Waals surface area contributed by atoms with Crippen LogP contribution >= 0.6 is 0 Å². The highest BCUT2D eigenvalue weighted by Crippen LogP contribution is 2.32. The Morgan fingerprint density at radius 2 is 1.77 bits per heavy atom. The van der Waals surface area contributed by atoms with Gasteiger partial charge in [0.05, 0.1) is 11.4 Å². The molecule has 134 valence electrons. The molecule has 0 saturated carbocycles. The number of halogens is 2. The van der Waals surface area contributed by atoms with E-state index in [0.717, 1.165) is 0 Å². The first-order valence-corrected chi connectivity index (χ1v) is 7.86. The Kier molecular flexibility index (Phi) is 4.97. The van der Waals surface area contributed by atoms with Gasteiger partial charge in [-0.25, -0.2) is 0 Å². The normalized spacial score (nSPS) is 14.1. The van der Waals surface area contributed by atoms with Crippen molar-refractivity contribution in [3.63, 3.8) is 0 Å². The van der Waals surface area contributed by atoms with E-state index < -0.39 is 6.61 Å². The second kappa shape index (κ2) is 7.35. The third kappa shape index (κ3) is 3.72. The van der Waals surface area contributed by atoms with Gasteiger partial charge in [-0.2, -0.15) is 8.78 Å². The number of amides is 2. The van der Waals surface area contributed by atoms with Crippen LogP contribution in [0.15, 0.2) is 54.6 Å². The topological polar surface area (TPSA) is 49.9 Å². The summed E-state index contributed by atoms with van der Waals surface area (Å²) in [5.74, 6) is -0.479. The van der Waals surface area contributed by atoms with Gasteiger partial charge in [-0.15, -0.1) is 0 Å². The summed E-state index contributed by atoms with van der Waals surface area (Å²) < 4.78 is 28.6. The molecule has 0 N–H and O–H groups in total. The van der Waals surface area contributed by atoms with Crippen LogP contribution in [0, 0.1) is 0 Å². The predicted octanol–water partition coefficient (Wildman–Crippen LogP) is 3.31. The van der Waals surface area contributed by atoms with Crippen molar-refractivity contribution in [1.82, 2.24) is 0 Å².